The largest absolute Gasteiger partial charge is 0.496 e. The first-order valence-electron chi connectivity index (χ1n) is 6.64. The van der Waals surface area contributed by atoms with E-state index >= 15 is 0 Å². The lowest BCUT2D eigenvalue weighted by Gasteiger charge is -2.06. The Kier molecular flexibility index (Phi) is 3.67. The molecule has 3 aromatic rings. The second-order valence-electron chi connectivity index (χ2n) is 4.75. The summed E-state index contributed by atoms with van der Waals surface area (Å²) in [6.07, 6.45) is 2.01. The summed E-state index contributed by atoms with van der Waals surface area (Å²) in [4.78, 5) is 0. The van der Waals surface area contributed by atoms with Gasteiger partial charge in [-0.15, -0.1) is 0 Å². The maximum Gasteiger partial charge on any atom is 0.126 e. The molecule has 1 heterocycles. The van der Waals surface area contributed by atoms with Crippen molar-refractivity contribution in [2.75, 3.05) is 7.11 Å². The smallest absolute Gasteiger partial charge is 0.126 e. The molecule has 106 valence electrons. The molecule has 3 nitrogen and oxygen atoms in total. The van der Waals surface area contributed by atoms with Gasteiger partial charge in [0.2, 0.25) is 0 Å². The van der Waals surface area contributed by atoms with Gasteiger partial charge in [-0.2, -0.15) is 5.10 Å². The van der Waals surface area contributed by atoms with E-state index in [0.29, 0.717) is 5.02 Å². The predicted molar refractivity (Wildman–Crippen MR) is 85.3 cm³/mol. The van der Waals surface area contributed by atoms with Crippen molar-refractivity contribution in [2.45, 2.75) is 6.92 Å². The van der Waals surface area contributed by atoms with Crippen LogP contribution in [0.2, 0.25) is 5.02 Å². The van der Waals surface area contributed by atoms with Crippen LogP contribution in [0.3, 0.4) is 0 Å². The van der Waals surface area contributed by atoms with E-state index < -0.39 is 0 Å². The van der Waals surface area contributed by atoms with Gasteiger partial charge in [0, 0.05) is 22.3 Å². The molecule has 4 heteroatoms. The summed E-state index contributed by atoms with van der Waals surface area (Å²) < 4.78 is 7.29. The number of hydrogen-bond acceptors (Lipinski definition) is 2. The number of nitrogens with zero attached hydrogens (tertiary/aromatic N) is 2. The first kappa shape index (κ1) is 13.7. The molecule has 0 unspecified atom stereocenters. The van der Waals surface area contributed by atoms with Crippen molar-refractivity contribution in [1.82, 2.24) is 9.78 Å². The first-order chi connectivity index (χ1) is 10.2. The van der Waals surface area contributed by atoms with Crippen molar-refractivity contribution >= 4 is 11.6 Å². The van der Waals surface area contributed by atoms with Crippen LogP contribution in [0.25, 0.3) is 16.8 Å². The monoisotopic (exact) mass is 298 g/mol. The zero-order chi connectivity index (χ0) is 14.8. The topological polar surface area (TPSA) is 27.1 Å². The molecular formula is C17H15ClN2O. The maximum atomic E-state index is 5.92. The highest BCUT2D eigenvalue weighted by Gasteiger charge is 2.12. The molecule has 21 heavy (non-hydrogen) atoms. The maximum absolute atomic E-state index is 5.92. The van der Waals surface area contributed by atoms with Crippen LogP contribution in [0, 0.1) is 6.92 Å². The van der Waals surface area contributed by atoms with Gasteiger partial charge < -0.3 is 4.74 Å². The Hall–Kier alpha value is -2.26. The Morgan fingerprint density at radius 2 is 1.71 bits per heavy atom. The fraction of sp³-hybridized carbons (Fsp3) is 0.118. The summed E-state index contributed by atoms with van der Waals surface area (Å²) in [5.41, 5.74) is 4.03. The average molecular weight is 299 g/mol. The van der Waals surface area contributed by atoms with Crippen LogP contribution < -0.4 is 4.74 Å². The number of halogens is 1. The van der Waals surface area contributed by atoms with E-state index in [0.717, 1.165) is 28.3 Å². The van der Waals surface area contributed by atoms with Crippen LogP contribution in [0.1, 0.15) is 5.69 Å². The Bertz CT molecular complexity index is 763. The zero-order valence-corrected chi connectivity index (χ0v) is 12.6. The van der Waals surface area contributed by atoms with E-state index in [1.54, 1.807) is 7.11 Å². The van der Waals surface area contributed by atoms with Crippen molar-refractivity contribution in [3.8, 4) is 22.6 Å². The van der Waals surface area contributed by atoms with E-state index in [2.05, 4.69) is 5.10 Å². The molecule has 0 aliphatic carbocycles. The molecular weight excluding hydrogens is 284 g/mol. The summed E-state index contributed by atoms with van der Waals surface area (Å²) in [5, 5.41) is 5.30. The summed E-state index contributed by atoms with van der Waals surface area (Å²) >= 11 is 5.92. The number of rotatable bonds is 3. The third-order valence-electron chi connectivity index (χ3n) is 3.39. The van der Waals surface area contributed by atoms with Crippen molar-refractivity contribution in [2.24, 2.45) is 0 Å². The molecule has 0 saturated heterocycles. The number of ether oxygens (including phenoxy) is 1. The van der Waals surface area contributed by atoms with E-state index in [4.69, 9.17) is 16.3 Å². The van der Waals surface area contributed by atoms with Crippen LogP contribution in [0.15, 0.2) is 54.7 Å². The number of aromatic nitrogens is 2. The van der Waals surface area contributed by atoms with Crippen LogP contribution in [-0.4, -0.2) is 16.9 Å². The molecule has 0 saturated carbocycles. The minimum Gasteiger partial charge on any atom is -0.496 e. The fourth-order valence-electron chi connectivity index (χ4n) is 2.32. The van der Waals surface area contributed by atoms with E-state index in [-0.39, 0.29) is 0 Å². The summed E-state index contributed by atoms with van der Waals surface area (Å²) in [6, 6.07) is 15.6. The van der Waals surface area contributed by atoms with Gasteiger partial charge in [-0.25, -0.2) is 4.68 Å². The third kappa shape index (κ3) is 2.65. The fourth-order valence-corrected chi connectivity index (χ4v) is 2.44. The minimum absolute atomic E-state index is 0.715. The molecule has 2 aromatic carbocycles. The Labute approximate surface area is 128 Å². The molecule has 3 rings (SSSR count). The van der Waals surface area contributed by atoms with Crippen LogP contribution >= 0.6 is 11.6 Å². The van der Waals surface area contributed by atoms with Crippen molar-refractivity contribution < 1.29 is 4.74 Å². The van der Waals surface area contributed by atoms with Crippen LogP contribution in [0.4, 0.5) is 0 Å². The van der Waals surface area contributed by atoms with Gasteiger partial charge >= 0.3 is 0 Å². The summed E-state index contributed by atoms with van der Waals surface area (Å²) in [5.74, 6) is 0.844. The Morgan fingerprint density at radius 1 is 1.00 bits per heavy atom. The summed E-state index contributed by atoms with van der Waals surface area (Å²) in [6.45, 7) is 1.99. The highest BCUT2D eigenvalue weighted by molar-refractivity contribution is 6.30. The van der Waals surface area contributed by atoms with Crippen LogP contribution in [-0.2, 0) is 0 Å². The lowest BCUT2D eigenvalue weighted by Crippen LogP contribution is -1.93. The first-order valence-corrected chi connectivity index (χ1v) is 7.02. The van der Waals surface area contributed by atoms with E-state index in [1.807, 2.05) is 66.3 Å². The van der Waals surface area contributed by atoms with Gasteiger partial charge in [0.05, 0.1) is 18.5 Å². The molecule has 0 atom stereocenters. The number of hydrogen-bond donors (Lipinski definition) is 0. The van der Waals surface area contributed by atoms with Crippen molar-refractivity contribution in [3.63, 3.8) is 0 Å². The average Bonchev–Trinajstić information content (AvgIpc) is 2.89. The van der Waals surface area contributed by atoms with Gasteiger partial charge in [-0.1, -0.05) is 29.8 Å². The van der Waals surface area contributed by atoms with Gasteiger partial charge in [-0.3, -0.25) is 0 Å². The molecule has 0 aliphatic rings. The standard InChI is InChI=1S/C17H15ClN2O/c1-12-16(15-5-3-4-6-17(15)21-2)11-20(19-12)14-9-7-13(18)8-10-14/h3-11H,1-2H3. The molecule has 0 fully saturated rings. The van der Waals surface area contributed by atoms with Gasteiger partial charge in [-0.05, 0) is 37.3 Å². The van der Waals surface area contributed by atoms with Crippen molar-refractivity contribution in [3.05, 3.63) is 65.4 Å². The lowest BCUT2D eigenvalue weighted by atomic mass is 10.1. The lowest BCUT2D eigenvalue weighted by molar-refractivity contribution is 0.416. The molecule has 1 aromatic heterocycles. The Balaban J connectivity index is 2.07. The summed E-state index contributed by atoms with van der Waals surface area (Å²) in [7, 11) is 1.68. The zero-order valence-electron chi connectivity index (χ0n) is 11.9. The highest BCUT2D eigenvalue weighted by atomic mass is 35.5. The van der Waals surface area contributed by atoms with E-state index in [9.17, 15) is 0 Å². The molecule has 0 aliphatic heterocycles. The Morgan fingerprint density at radius 3 is 2.43 bits per heavy atom. The molecule has 0 N–H and O–H groups in total. The second kappa shape index (κ2) is 5.62. The third-order valence-corrected chi connectivity index (χ3v) is 3.64. The van der Waals surface area contributed by atoms with Gasteiger partial charge in [0.1, 0.15) is 5.75 Å². The second-order valence-corrected chi connectivity index (χ2v) is 5.19. The van der Waals surface area contributed by atoms with Crippen LogP contribution in [0.5, 0.6) is 5.75 Å². The molecule has 0 amide bonds. The normalized spacial score (nSPS) is 10.6. The number of para-hydroxylation sites is 1. The number of benzene rings is 2. The highest BCUT2D eigenvalue weighted by Crippen LogP contribution is 2.32. The molecule has 0 spiro atoms. The minimum atomic E-state index is 0.715. The van der Waals surface area contributed by atoms with Crippen molar-refractivity contribution in [1.29, 1.82) is 0 Å². The predicted octanol–water partition coefficient (Wildman–Crippen LogP) is 4.51. The number of methoxy groups -OCH3 is 1. The van der Waals surface area contributed by atoms with E-state index in [1.165, 1.54) is 0 Å². The molecule has 0 bridgehead atoms. The quantitative estimate of drug-likeness (QED) is 0.711. The van der Waals surface area contributed by atoms with Gasteiger partial charge in [0.25, 0.3) is 0 Å². The SMILES string of the molecule is COc1ccccc1-c1cn(-c2ccc(Cl)cc2)nc1C. The van der Waals surface area contributed by atoms with Gasteiger partial charge in [0.15, 0.2) is 0 Å². The molecule has 0 radical (unpaired) electrons. The number of aryl methyl sites for hydroxylation is 1.